The first kappa shape index (κ1) is 14.0. The minimum Gasteiger partial charge on any atom is -0.387 e. The standard InChI is InChI=1S/C16H17N3O/c1-13(20)16-9-8-15(12-18-16)19(11-5-10-17)14-6-3-2-4-7-14/h2-4,6-9,12-13,20H,5,11H2,1H3/t13-/m0/s1. The average Bonchev–Trinajstić information content (AvgIpc) is 2.49. The molecule has 4 nitrogen and oxygen atoms in total. The smallest absolute Gasteiger partial charge is 0.0931 e. The van der Waals surface area contributed by atoms with E-state index in [0.29, 0.717) is 18.7 Å². The number of nitriles is 1. The second-order valence-corrected chi connectivity index (χ2v) is 4.51. The Kier molecular flexibility index (Phi) is 4.70. The number of benzene rings is 1. The molecule has 0 aliphatic carbocycles. The normalized spacial score (nSPS) is 11.7. The number of anilines is 2. The maximum absolute atomic E-state index is 9.49. The molecule has 1 heterocycles. The van der Waals surface area contributed by atoms with E-state index in [1.807, 2.05) is 47.4 Å². The van der Waals surface area contributed by atoms with Crippen molar-refractivity contribution in [1.82, 2.24) is 4.98 Å². The molecule has 1 N–H and O–H groups in total. The van der Waals surface area contributed by atoms with Crippen LogP contribution in [0.2, 0.25) is 0 Å². The number of para-hydroxylation sites is 1. The molecule has 20 heavy (non-hydrogen) atoms. The van der Waals surface area contributed by atoms with E-state index in [1.54, 1.807) is 13.1 Å². The zero-order valence-electron chi connectivity index (χ0n) is 11.4. The van der Waals surface area contributed by atoms with Gasteiger partial charge in [-0.1, -0.05) is 18.2 Å². The Morgan fingerprint density at radius 3 is 2.50 bits per heavy atom. The lowest BCUT2D eigenvalue weighted by molar-refractivity contribution is 0.194. The Bertz CT molecular complexity index is 573. The Hall–Kier alpha value is -2.38. The molecule has 1 atom stereocenters. The highest BCUT2D eigenvalue weighted by Crippen LogP contribution is 2.25. The highest BCUT2D eigenvalue weighted by Gasteiger charge is 2.10. The van der Waals surface area contributed by atoms with Crippen molar-refractivity contribution in [2.24, 2.45) is 0 Å². The Morgan fingerprint density at radius 1 is 1.20 bits per heavy atom. The fraction of sp³-hybridized carbons (Fsp3) is 0.250. The number of hydrogen-bond acceptors (Lipinski definition) is 4. The molecule has 1 aromatic heterocycles. The van der Waals surface area contributed by atoms with Crippen molar-refractivity contribution < 1.29 is 5.11 Å². The fourth-order valence-electron chi connectivity index (χ4n) is 1.98. The van der Waals surface area contributed by atoms with Gasteiger partial charge in [0.25, 0.3) is 0 Å². The molecule has 0 aliphatic rings. The SMILES string of the molecule is C[C@H](O)c1ccc(N(CCC#N)c2ccccc2)cn1. The van der Waals surface area contributed by atoms with Gasteiger partial charge in [0.05, 0.1) is 36.2 Å². The summed E-state index contributed by atoms with van der Waals surface area (Å²) in [6.45, 7) is 2.29. The number of aliphatic hydroxyl groups excluding tert-OH is 1. The summed E-state index contributed by atoms with van der Waals surface area (Å²) in [5.41, 5.74) is 2.58. The van der Waals surface area contributed by atoms with Crippen molar-refractivity contribution >= 4 is 11.4 Å². The third-order valence-electron chi connectivity index (χ3n) is 3.03. The summed E-state index contributed by atoms with van der Waals surface area (Å²) >= 11 is 0. The molecule has 0 bridgehead atoms. The highest BCUT2D eigenvalue weighted by atomic mass is 16.3. The van der Waals surface area contributed by atoms with Gasteiger partial charge in [0.15, 0.2) is 0 Å². The Balaban J connectivity index is 2.29. The molecule has 0 saturated carbocycles. The molecule has 0 amide bonds. The quantitative estimate of drug-likeness (QED) is 0.903. The van der Waals surface area contributed by atoms with Crippen LogP contribution in [0.5, 0.6) is 0 Å². The molecule has 4 heteroatoms. The van der Waals surface area contributed by atoms with E-state index >= 15 is 0 Å². The van der Waals surface area contributed by atoms with Crippen LogP contribution in [0.1, 0.15) is 25.1 Å². The van der Waals surface area contributed by atoms with Crippen LogP contribution in [0.3, 0.4) is 0 Å². The van der Waals surface area contributed by atoms with Crippen molar-refractivity contribution in [3.8, 4) is 6.07 Å². The summed E-state index contributed by atoms with van der Waals surface area (Å²) in [6, 6.07) is 15.8. The number of aromatic nitrogens is 1. The van der Waals surface area contributed by atoms with Crippen molar-refractivity contribution in [3.05, 3.63) is 54.4 Å². The number of pyridine rings is 1. The number of aliphatic hydroxyl groups is 1. The summed E-state index contributed by atoms with van der Waals surface area (Å²) in [4.78, 5) is 6.30. The van der Waals surface area contributed by atoms with Gasteiger partial charge in [-0.05, 0) is 31.2 Å². The van der Waals surface area contributed by atoms with Gasteiger partial charge < -0.3 is 10.0 Å². The molecule has 0 aliphatic heterocycles. The van der Waals surface area contributed by atoms with Crippen LogP contribution >= 0.6 is 0 Å². The van der Waals surface area contributed by atoms with Crippen LogP contribution in [0.15, 0.2) is 48.7 Å². The highest BCUT2D eigenvalue weighted by molar-refractivity contribution is 5.62. The summed E-state index contributed by atoms with van der Waals surface area (Å²) in [7, 11) is 0. The van der Waals surface area contributed by atoms with Gasteiger partial charge in [0.2, 0.25) is 0 Å². The topological polar surface area (TPSA) is 60.1 Å². The minimum atomic E-state index is -0.576. The predicted molar refractivity (Wildman–Crippen MR) is 78.5 cm³/mol. The molecule has 2 rings (SSSR count). The number of nitrogens with zero attached hydrogens (tertiary/aromatic N) is 3. The van der Waals surface area contributed by atoms with Crippen molar-refractivity contribution in [2.45, 2.75) is 19.4 Å². The maximum atomic E-state index is 9.49. The largest absolute Gasteiger partial charge is 0.387 e. The third kappa shape index (κ3) is 3.34. The molecule has 0 unspecified atom stereocenters. The van der Waals surface area contributed by atoms with Gasteiger partial charge >= 0.3 is 0 Å². The van der Waals surface area contributed by atoms with Gasteiger partial charge in [-0.3, -0.25) is 4.98 Å². The van der Waals surface area contributed by atoms with E-state index in [2.05, 4.69) is 11.1 Å². The monoisotopic (exact) mass is 267 g/mol. The van der Waals surface area contributed by atoms with E-state index in [0.717, 1.165) is 11.4 Å². The number of hydrogen-bond donors (Lipinski definition) is 1. The molecule has 2 aromatic rings. The minimum absolute atomic E-state index is 0.438. The maximum Gasteiger partial charge on any atom is 0.0931 e. The van der Waals surface area contributed by atoms with Crippen molar-refractivity contribution in [3.63, 3.8) is 0 Å². The number of rotatable bonds is 5. The van der Waals surface area contributed by atoms with Gasteiger partial charge in [-0.25, -0.2) is 0 Å². The first-order chi connectivity index (χ1) is 9.72. The van der Waals surface area contributed by atoms with Crippen LogP contribution in [0, 0.1) is 11.3 Å². The molecule has 0 radical (unpaired) electrons. The van der Waals surface area contributed by atoms with Crippen LogP contribution < -0.4 is 4.90 Å². The molecule has 102 valence electrons. The summed E-state index contributed by atoms with van der Waals surface area (Å²) in [5, 5.41) is 18.3. The van der Waals surface area contributed by atoms with E-state index in [-0.39, 0.29) is 0 Å². The lowest BCUT2D eigenvalue weighted by Gasteiger charge is -2.24. The Labute approximate surface area is 118 Å². The molecule has 1 aromatic carbocycles. The molecular weight excluding hydrogens is 250 g/mol. The molecule has 0 saturated heterocycles. The lowest BCUT2D eigenvalue weighted by atomic mass is 10.2. The van der Waals surface area contributed by atoms with Gasteiger partial charge in [-0.2, -0.15) is 5.26 Å². The first-order valence-corrected chi connectivity index (χ1v) is 6.56. The van der Waals surface area contributed by atoms with Crippen LogP contribution in [-0.2, 0) is 0 Å². The Morgan fingerprint density at radius 2 is 1.95 bits per heavy atom. The molecule has 0 fully saturated rings. The predicted octanol–water partition coefficient (Wildman–Crippen LogP) is 3.19. The van der Waals surface area contributed by atoms with Crippen molar-refractivity contribution in [1.29, 1.82) is 5.26 Å². The fourth-order valence-corrected chi connectivity index (χ4v) is 1.98. The van der Waals surface area contributed by atoms with Gasteiger partial charge in [-0.15, -0.1) is 0 Å². The van der Waals surface area contributed by atoms with Crippen LogP contribution in [-0.4, -0.2) is 16.6 Å². The summed E-state index contributed by atoms with van der Waals surface area (Å²) in [6.07, 6.45) is 1.59. The third-order valence-corrected chi connectivity index (χ3v) is 3.03. The lowest BCUT2D eigenvalue weighted by Crippen LogP contribution is -2.18. The molecular formula is C16H17N3O. The summed E-state index contributed by atoms with van der Waals surface area (Å²) in [5.74, 6) is 0. The second-order valence-electron chi connectivity index (χ2n) is 4.51. The van der Waals surface area contributed by atoms with Gasteiger partial charge in [0, 0.05) is 12.2 Å². The molecule has 0 spiro atoms. The first-order valence-electron chi connectivity index (χ1n) is 6.56. The van der Waals surface area contributed by atoms with Crippen molar-refractivity contribution in [2.75, 3.05) is 11.4 Å². The van der Waals surface area contributed by atoms with E-state index in [4.69, 9.17) is 5.26 Å². The van der Waals surface area contributed by atoms with E-state index in [1.165, 1.54) is 0 Å². The van der Waals surface area contributed by atoms with Crippen LogP contribution in [0.4, 0.5) is 11.4 Å². The summed E-state index contributed by atoms with van der Waals surface area (Å²) < 4.78 is 0. The zero-order valence-corrected chi connectivity index (χ0v) is 11.4. The van der Waals surface area contributed by atoms with E-state index in [9.17, 15) is 5.11 Å². The average molecular weight is 267 g/mol. The zero-order chi connectivity index (χ0) is 14.4. The van der Waals surface area contributed by atoms with E-state index < -0.39 is 6.10 Å². The van der Waals surface area contributed by atoms with Crippen LogP contribution in [0.25, 0.3) is 0 Å². The van der Waals surface area contributed by atoms with Gasteiger partial charge in [0.1, 0.15) is 0 Å². The second kappa shape index (κ2) is 6.69.